The Labute approximate surface area is 117 Å². The summed E-state index contributed by atoms with van der Waals surface area (Å²) >= 11 is 1.81. The molecule has 1 saturated carbocycles. The lowest BCUT2D eigenvalue weighted by atomic mass is 10.1. The van der Waals surface area contributed by atoms with Crippen molar-refractivity contribution < 1.29 is 14.4 Å². The molecule has 0 spiro atoms. The molecule has 3 atom stereocenters. The fraction of sp³-hybridized carbons (Fsp3) is 0.769. The lowest BCUT2D eigenvalue weighted by Gasteiger charge is -2.04. The summed E-state index contributed by atoms with van der Waals surface area (Å²) in [5, 5.41) is 13.6. The molecule has 0 saturated heterocycles. The number of thioether (sulfide) groups is 1. The average Bonchev–Trinajstić information content (AvgIpc) is 3.04. The molecule has 1 heterocycles. The summed E-state index contributed by atoms with van der Waals surface area (Å²) in [6.07, 6.45) is 3.28. The zero-order valence-corrected chi connectivity index (χ0v) is 12.2. The Kier molecular flexibility index (Phi) is 4.85. The van der Waals surface area contributed by atoms with E-state index in [0.717, 1.165) is 24.4 Å². The standard InChI is InChI=1S/C13H20N2O3S/c1-3-8(2)19-7-11-14-12(18-15-11)9-4-5-10(6-9)13(16)17/h8-10H,3-7H2,1-2H3,(H,16,17). The van der Waals surface area contributed by atoms with E-state index in [-0.39, 0.29) is 11.8 Å². The summed E-state index contributed by atoms with van der Waals surface area (Å²) in [6.45, 7) is 4.34. The van der Waals surface area contributed by atoms with E-state index in [1.54, 1.807) is 0 Å². The molecule has 0 aromatic carbocycles. The van der Waals surface area contributed by atoms with Crippen LogP contribution < -0.4 is 0 Å². The minimum atomic E-state index is -0.713. The van der Waals surface area contributed by atoms with Gasteiger partial charge in [0.1, 0.15) is 0 Å². The zero-order chi connectivity index (χ0) is 13.8. The van der Waals surface area contributed by atoms with Gasteiger partial charge in [0, 0.05) is 11.2 Å². The number of rotatable bonds is 6. The molecule has 0 radical (unpaired) electrons. The summed E-state index contributed by atoms with van der Waals surface area (Å²) in [6, 6.07) is 0. The highest BCUT2D eigenvalue weighted by atomic mass is 32.2. The number of aliphatic carboxylic acids is 1. The van der Waals surface area contributed by atoms with Gasteiger partial charge in [0.25, 0.3) is 0 Å². The van der Waals surface area contributed by atoms with Crippen LogP contribution in [0.4, 0.5) is 0 Å². The number of aromatic nitrogens is 2. The molecular formula is C13H20N2O3S. The largest absolute Gasteiger partial charge is 0.481 e. The van der Waals surface area contributed by atoms with Crippen LogP contribution in [0.3, 0.4) is 0 Å². The van der Waals surface area contributed by atoms with E-state index in [4.69, 9.17) is 9.63 Å². The van der Waals surface area contributed by atoms with E-state index in [9.17, 15) is 4.79 Å². The predicted octanol–water partition coefficient (Wildman–Crippen LogP) is 3.07. The van der Waals surface area contributed by atoms with Crippen LogP contribution in [0.25, 0.3) is 0 Å². The average molecular weight is 284 g/mol. The molecule has 106 valence electrons. The topological polar surface area (TPSA) is 76.2 Å². The third-order valence-corrected chi connectivity index (χ3v) is 5.01. The van der Waals surface area contributed by atoms with Crippen LogP contribution in [0.5, 0.6) is 0 Å². The highest BCUT2D eigenvalue weighted by molar-refractivity contribution is 7.99. The first-order valence-corrected chi connectivity index (χ1v) is 7.81. The van der Waals surface area contributed by atoms with Gasteiger partial charge in [0.05, 0.1) is 11.7 Å². The molecule has 0 aliphatic heterocycles. The third kappa shape index (κ3) is 3.72. The summed E-state index contributed by atoms with van der Waals surface area (Å²) in [7, 11) is 0. The van der Waals surface area contributed by atoms with Crippen LogP contribution in [0, 0.1) is 5.92 Å². The van der Waals surface area contributed by atoms with Crippen molar-refractivity contribution in [1.29, 1.82) is 0 Å². The van der Waals surface area contributed by atoms with E-state index >= 15 is 0 Å². The Morgan fingerprint density at radius 3 is 3.00 bits per heavy atom. The van der Waals surface area contributed by atoms with Gasteiger partial charge >= 0.3 is 5.97 Å². The van der Waals surface area contributed by atoms with Gasteiger partial charge in [-0.15, -0.1) is 0 Å². The summed E-state index contributed by atoms with van der Waals surface area (Å²) in [5.74, 6) is 1.25. The predicted molar refractivity (Wildman–Crippen MR) is 73.1 cm³/mol. The van der Waals surface area contributed by atoms with Crippen molar-refractivity contribution in [3.05, 3.63) is 11.7 Å². The van der Waals surface area contributed by atoms with Crippen molar-refractivity contribution in [1.82, 2.24) is 10.1 Å². The van der Waals surface area contributed by atoms with Crippen molar-refractivity contribution in [2.24, 2.45) is 5.92 Å². The minimum absolute atomic E-state index is 0.121. The van der Waals surface area contributed by atoms with Crippen molar-refractivity contribution in [3.8, 4) is 0 Å². The lowest BCUT2D eigenvalue weighted by Crippen LogP contribution is -2.09. The number of carboxylic acids is 1. The number of hydrogen-bond acceptors (Lipinski definition) is 5. The Morgan fingerprint density at radius 1 is 1.58 bits per heavy atom. The van der Waals surface area contributed by atoms with E-state index < -0.39 is 5.97 Å². The first kappa shape index (κ1) is 14.4. The molecule has 0 bridgehead atoms. The van der Waals surface area contributed by atoms with Crippen LogP contribution in [0.2, 0.25) is 0 Å². The van der Waals surface area contributed by atoms with Gasteiger partial charge in [-0.25, -0.2) is 0 Å². The van der Waals surface area contributed by atoms with Crippen LogP contribution in [0.15, 0.2) is 4.52 Å². The van der Waals surface area contributed by atoms with Crippen LogP contribution in [0.1, 0.15) is 57.2 Å². The van der Waals surface area contributed by atoms with E-state index in [1.807, 2.05) is 11.8 Å². The van der Waals surface area contributed by atoms with Crippen molar-refractivity contribution in [3.63, 3.8) is 0 Å². The van der Waals surface area contributed by atoms with Gasteiger partial charge < -0.3 is 9.63 Å². The van der Waals surface area contributed by atoms with Gasteiger partial charge in [0.15, 0.2) is 5.82 Å². The molecule has 1 aliphatic carbocycles. The highest BCUT2D eigenvalue weighted by Crippen LogP contribution is 2.37. The summed E-state index contributed by atoms with van der Waals surface area (Å²) < 4.78 is 5.28. The Morgan fingerprint density at radius 2 is 2.37 bits per heavy atom. The van der Waals surface area contributed by atoms with Crippen molar-refractivity contribution >= 4 is 17.7 Å². The quantitative estimate of drug-likeness (QED) is 0.865. The maximum absolute atomic E-state index is 10.9. The molecular weight excluding hydrogens is 264 g/mol. The van der Waals surface area contributed by atoms with Gasteiger partial charge in [-0.2, -0.15) is 16.7 Å². The van der Waals surface area contributed by atoms with Gasteiger partial charge in [-0.05, 0) is 25.7 Å². The van der Waals surface area contributed by atoms with Gasteiger partial charge in [-0.3, -0.25) is 4.79 Å². The van der Waals surface area contributed by atoms with Crippen molar-refractivity contribution in [2.45, 2.75) is 56.5 Å². The molecule has 6 heteroatoms. The van der Waals surface area contributed by atoms with Crippen LogP contribution >= 0.6 is 11.8 Å². The molecule has 1 N–H and O–H groups in total. The van der Waals surface area contributed by atoms with Crippen LogP contribution in [-0.2, 0) is 10.5 Å². The molecule has 1 aliphatic rings. The Bertz CT molecular complexity index is 435. The van der Waals surface area contributed by atoms with Gasteiger partial charge in [0.2, 0.25) is 5.89 Å². The second-order valence-electron chi connectivity index (χ2n) is 5.12. The monoisotopic (exact) mass is 284 g/mol. The smallest absolute Gasteiger partial charge is 0.306 e. The first-order chi connectivity index (χ1) is 9.10. The summed E-state index contributed by atoms with van der Waals surface area (Å²) in [5.41, 5.74) is 0. The molecule has 1 aromatic rings. The number of hydrogen-bond donors (Lipinski definition) is 1. The zero-order valence-electron chi connectivity index (χ0n) is 11.3. The number of nitrogens with zero attached hydrogens (tertiary/aromatic N) is 2. The van der Waals surface area contributed by atoms with Crippen molar-refractivity contribution in [2.75, 3.05) is 0 Å². The number of carboxylic acid groups (broad SMARTS) is 1. The van der Waals surface area contributed by atoms with Gasteiger partial charge in [-0.1, -0.05) is 19.0 Å². The fourth-order valence-corrected chi connectivity index (χ4v) is 3.04. The maximum atomic E-state index is 10.9. The second-order valence-corrected chi connectivity index (χ2v) is 6.55. The molecule has 0 amide bonds. The molecule has 3 unspecified atom stereocenters. The molecule has 2 rings (SSSR count). The third-order valence-electron chi connectivity index (χ3n) is 3.69. The molecule has 19 heavy (non-hydrogen) atoms. The minimum Gasteiger partial charge on any atom is -0.481 e. The summed E-state index contributed by atoms with van der Waals surface area (Å²) in [4.78, 5) is 15.3. The highest BCUT2D eigenvalue weighted by Gasteiger charge is 2.33. The van der Waals surface area contributed by atoms with E-state index in [2.05, 4.69) is 24.0 Å². The van der Waals surface area contributed by atoms with E-state index in [0.29, 0.717) is 24.0 Å². The fourth-order valence-electron chi connectivity index (χ4n) is 2.26. The SMILES string of the molecule is CCC(C)SCc1noc(C2CCC(C(=O)O)C2)n1. The molecule has 5 nitrogen and oxygen atoms in total. The van der Waals surface area contributed by atoms with E-state index in [1.165, 1.54) is 0 Å². The Balaban J connectivity index is 1.89. The Hall–Kier alpha value is -1.04. The normalized spacial score (nSPS) is 24.5. The lowest BCUT2D eigenvalue weighted by molar-refractivity contribution is -0.141. The number of carbonyl (C=O) groups is 1. The maximum Gasteiger partial charge on any atom is 0.306 e. The van der Waals surface area contributed by atoms with Crippen LogP contribution in [-0.4, -0.2) is 26.5 Å². The molecule has 1 aromatic heterocycles. The molecule has 1 fully saturated rings. The second kappa shape index (κ2) is 6.41. The first-order valence-electron chi connectivity index (χ1n) is 6.77.